The third kappa shape index (κ3) is 6.03. The molecule has 0 unspecified atom stereocenters. The Kier molecular flexibility index (Phi) is 8.13. The van der Waals surface area contributed by atoms with Crippen LogP contribution in [-0.2, 0) is 19.6 Å². The van der Waals surface area contributed by atoms with Crippen molar-refractivity contribution in [3.8, 4) is 5.75 Å². The number of hydrogen-bond donors (Lipinski definition) is 1. The minimum absolute atomic E-state index is 0.201. The lowest BCUT2D eigenvalue weighted by Gasteiger charge is -2.29. The van der Waals surface area contributed by atoms with Crippen molar-refractivity contribution in [2.75, 3.05) is 54.5 Å². The predicted octanol–water partition coefficient (Wildman–Crippen LogP) is 3.58. The van der Waals surface area contributed by atoms with E-state index in [4.69, 9.17) is 9.47 Å². The Morgan fingerprint density at radius 1 is 1.08 bits per heavy atom. The molecule has 1 heterocycles. The van der Waals surface area contributed by atoms with Gasteiger partial charge < -0.3 is 19.7 Å². The van der Waals surface area contributed by atoms with E-state index < -0.39 is 27.4 Å². The van der Waals surface area contributed by atoms with E-state index in [0.29, 0.717) is 30.2 Å². The molecule has 3 aromatic rings. The maximum absolute atomic E-state index is 13.7. The van der Waals surface area contributed by atoms with Crippen LogP contribution in [0.2, 0.25) is 0 Å². The monoisotopic (exact) mass is 540 g/mol. The molecule has 0 atom stereocenters. The fourth-order valence-corrected chi connectivity index (χ4v) is 5.49. The fourth-order valence-electron chi connectivity index (χ4n) is 4.05. The Hall–Kier alpha value is -4.16. The first-order valence-electron chi connectivity index (χ1n) is 11.8. The summed E-state index contributed by atoms with van der Waals surface area (Å²) < 4.78 is 38.8. The Labute approximate surface area is 220 Å². The van der Waals surface area contributed by atoms with Crippen molar-refractivity contribution >= 4 is 38.7 Å². The summed E-state index contributed by atoms with van der Waals surface area (Å²) in [5.74, 6) is -0.0768. The van der Waals surface area contributed by atoms with Crippen molar-refractivity contribution in [1.29, 1.82) is 0 Å². The summed E-state index contributed by atoms with van der Waals surface area (Å²) in [5.41, 5.74) is 1.69. The lowest BCUT2D eigenvalue weighted by Crippen LogP contribution is -2.38. The molecule has 0 aromatic heterocycles. The zero-order valence-electron chi connectivity index (χ0n) is 21.0. The number of aryl methyl sites for hydroxylation is 1. The van der Waals surface area contributed by atoms with Crippen molar-refractivity contribution in [1.82, 2.24) is 0 Å². The number of sulfonamides is 1. The molecule has 0 spiro atoms. The molecule has 1 saturated heterocycles. The molecule has 1 aliphatic heterocycles. The van der Waals surface area contributed by atoms with Gasteiger partial charge in [0.25, 0.3) is 15.7 Å². The predicted molar refractivity (Wildman–Crippen MR) is 143 cm³/mol. The molecule has 38 heavy (non-hydrogen) atoms. The number of hydrogen-bond acceptors (Lipinski definition) is 8. The molecule has 0 saturated carbocycles. The highest BCUT2D eigenvalue weighted by Crippen LogP contribution is 2.29. The molecule has 4 rings (SSSR count). The van der Waals surface area contributed by atoms with Gasteiger partial charge in [-0.25, -0.2) is 8.42 Å². The highest BCUT2D eigenvalue weighted by molar-refractivity contribution is 7.92. The molecule has 1 fully saturated rings. The molecule has 12 heteroatoms. The van der Waals surface area contributed by atoms with Gasteiger partial charge in [-0.2, -0.15) is 0 Å². The number of carbonyl (C=O) groups excluding carboxylic acids is 1. The topological polar surface area (TPSA) is 131 Å². The summed E-state index contributed by atoms with van der Waals surface area (Å²) in [5, 5.41) is 14.2. The minimum Gasteiger partial charge on any atom is -0.497 e. The molecule has 200 valence electrons. The first-order valence-corrected chi connectivity index (χ1v) is 13.3. The van der Waals surface area contributed by atoms with Crippen molar-refractivity contribution in [2.24, 2.45) is 0 Å². The molecule has 1 N–H and O–H groups in total. The lowest BCUT2D eigenvalue weighted by atomic mass is 10.2. The summed E-state index contributed by atoms with van der Waals surface area (Å²) in [4.78, 5) is 25.7. The van der Waals surface area contributed by atoms with Crippen LogP contribution in [0.25, 0.3) is 0 Å². The number of methoxy groups -OCH3 is 1. The molecule has 11 nitrogen and oxygen atoms in total. The van der Waals surface area contributed by atoms with E-state index in [0.717, 1.165) is 29.1 Å². The van der Waals surface area contributed by atoms with Crippen LogP contribution in [0.5, 0.6) is 5.75 Å². The lowest BCUT2D eigenvalue weighted by molar-refractivity contribution is -0.385. The van der Waals surface area contributed by atoms with Crippen molar-refractivity contribution in [2.45, 2.75) is 11.8 Å². The zero-order chi connectivity index (χ0) is 27.3. The number of nitrogens with zero attached hydrogens (tertiary/aromatic N) is 3. The summed E-state index contributed by atoms with van der Waals surface area (Å²) >= 11 is 0. The van der Waals surface area contributed by atoms with E-state index in [1.165, 1.54) is 38.3 Å². The van der Waals surface area contributed by atoms with Gasteiger partial charge in [0, 0.05) is 36.1 Å². The van der Waals surface area contributed by atoms with Gasteiger partial charge in [0.2, 0.25) is 5.91 Å². The summed E-state index contributed by atoms with van der Waals surface area (Å²) in [6.45, 7) is 3.82. The van der Waals surface area contributed by atoms with Gasteiger partial charge in [0.15, 0.2) is 0 Å². The molecule has 0 aliphatic carbocycles. The number of rotatable bonds is 9. The smallest absolute Gasteiger partial charge is 0.273 e. The molecule has 0 bridgehead atoms. The summed E-state index contributed by atoms with van der Waals surface area (Å²) in [6.07, 6.45) is 0. The molecule has 1 amide bonds. The quantitative estimate of drug-likeness (QED) is 0.322. The van der Waals surface area contributed by atoms with E-state index in [-0.39, 0.29) is 16.3 Å². The maximum Gasteiger partial charge on any atom is 0.273 e. The number of ether oxygens (including phenoxy) is 2. The molecular formula is C26H28N4O7S. The van der Waals surface area contributed by atoms with E-state index in [1.54, 1.807) is 24.3 Å². The van der Waals surface area contributed by atoms with E-state index in [9.17, 15) is 23.3 Å². The molecular weight excluding hydrogens is 512 g/mol. The van der Waals surface area contributed by atoms with Crippen LogP contribution in [0.4, 0.5) is 22.7 Å². The summed E-state index contributed by atoms with van der Waals surface area (Å²) in [7, 11) is -2.87. The number of benzene rings is 3. The Bertz CT molecular complexity index is 1400. The Morgan fingerprint density at radius 3 is 2.34 bits per heavy atom. The standard InChI is InChI=1S/C26H28N4O7S/c1-19-3-12-24(17-25(19)30(32)33)38(34,35)29(22-8-10-23(36-2)11-9-22)18-26(31)27-20-4-6-21(7-5-20)28-13-15-37-16-14-28/h3-12,17H,13-16,18H2,1-2H3,(H,27,31). The van der Waals surface area contributed by atoms with Gasteiger partial charge in [-0.05, 0) is 61.5 Å². The largest absolute Gasteiger partial charge is 0.497 e. The third-order valence-corrected chi connectivity index (χ3v) is 7.91. The molecule has 1 aliphatic rings. The van der Waals surface area contributed by atoms with Gasteiger partial charge in [0.1, 0.15) is 12.3 Å². The van der Waals surface area contributed by atoms with Crippen LogP contribution in [0.15, 0.2) is 71.6 Å². The zero-order valence-corrected chi connectivity index (χ0v) is 21.8. The number of nitro groups is 1. The van der Waals surface area contributed by atoms with Crippen molar-refractivity contribution in [3.63, 3.8) is 0 Å². The Balaban J connectivity index is 1.59. The second-order valence-electron chi connectivity index (χ2n) is 8.61. The summed E-state index contributed by atoms with van der Waals surface area (Å²) in [6, 6.07) is 17.1. The number of anilines is 3. The molecule has 0 radical (unpaired) electrons. The normalized spacial score (nSPS) is 13.6. The SMILES string of the molecule is COc1ccc(N(CC(=O)Nc2ccc(N3CCOCC3)cc2)S(=O)(=O)c2ccc(C)c([N+](=O)[O-])c2)cc1. The van der Waals surface area contributed by atoms with Crippen LogP contribution < -0.4 is 19.3 Å². The van der Waals surface area contributed by atoms with E-state index in [2.05, 4.69) is 10.2 Å². The van der Waals surface area contributed by atoms with Crippen LogP contribution in [0.3, 0.4) is 0 Å². The first-order chi connectivity index (χ1) is 18.2. The van der Waals surface area contributed by atoms with Gasteiger partial charge in [-0.1, -0.05) is 6.07 Å². The van der Waals surface area contributed by atoms with Crippen molar-refractivity contribution in [3.05, 3.63) is 82.4 Å². The number of nitro benzene ring substituents is 1. The van der Waals surface area contributed by atoms with Crippen LogP contribution in [-0.4, -0.2) is 59.2 Å². The first kappa shape index (κ1) is 26.9. The number of nitrogens with one attached hydrogen (secondary N) is 1. The van der Waals surface area contributed by atoms with Crippen LogP contribution >= 0.6 is 0 Å². The average Bonchev–Trinajstić information content (AvgIpc) is 2.92. The van der Waals surface area contributed by atoms with E-state index >= 15 is 0 Å². The second-order valence-corrected chi connectivity index (χ2v) is 10.5. The van der Waals surface area contributed by atoms with Gasteiger partial charge in [-0.3, -0.25) is 19.2 Å². The highest BCUT2D eigenvalue weighted by Gasteiger charge is 2.29. The minimum atomic E-state index is -4.35. The second kappa shape index (κ2) is 11.5. The van der Waals surface area contributed by atoms with E-state index in [1.807, 2.05) is 12.1 Å². The fraction of sp³-hybridized carbons (Fsp3) is 0.269. The maximum atomic E-state index is 13.7. The number of carbonyl (C=O) groups is 1. The van der Waals surface area contributed by atoms with Gasteiger partial charge >= 0.3 is 0 Å². The third-order valence-electron chi connectivity index (χ3n) is 6.14. The highest BCUT2D eigenvalue weighted by atomic mass is 32.2. The Morgan fingerprint density at radius 2 is 1.74 bits per heavy atom. The van der Waals surface area contributed by atoms with Gasteiger partial charge in [-0.15, -0.1) is 0 Å². The van der Waals surface area contributed by atoms with Gasteiger partial charge in [0.05, 0.1) is 35.8 Å². The average molecular weight is 541 g/mol. The molecule has 3 aromatic carbocycles. The van der Waals surface area contributed by atoms with Crippen molar-refractivity contribution < 1.29 is 27.6 Å². The number of amides is 1. The van der Waals surface area contributed by atoms with Crippen LogP contribution in [0.1, 0.15) is 5.56 Å². The number of morpholine rings is 1. The van der Waals surface area contributed by atoms with Crippen LogP contribution in [0, 0.1) is 17.0 Å².